The molecule has 4 rings (SSSR count). The molecule has 2 aromatic carbocycles. The van der Waals surface area contributed by atoms with Crippen LogP contribution in [0.4, 0.5) is 4.79 Å². The molecule has 1 saturated heterocycles. The zero-order valence-corrected chi connectivity index (χ0v) is 24.2. The Hall–Kier alpha value is -3.38. The largest absolute Gasteiger partial charge is 0.444 e. The maximum Gasteiger partial charge on any atom is 0.410 e. The first-order valence-electron chi connectivity index (χ1n) is 13.5. The number of nitrogens with zero attached hydrogens (tertiary/aromatic N) is 3. The maximum atomic E-state index is 12.5. The van der Waals surface area contributed by atoms with Gasteiger partial charge in [-0.2, -0.15) is 0 Å². The Morgan fingerprint density at radius 2 is 1.79 bits per heavy atom. The number of amides is 1. The normalized spacial score (nSPS) is 15.7. The Kier molecular flexibility index (Phi) is 8.96. The van der Waals surface area contributed by atoms with Crippen molar-refractivity contribution in [2.45, 2.75) is 71.3 Å². The molecule has 0 saturated carbocycles. The van der Waals surface area contributed by atoms with E-state index in [0.717, 1.165) is 40.8 Å². The van der Waals surface area contributed by atoms with E-state index in [9.17, 15) is 10.0 Å². The minimum Gasteiger partial charge on any atom is -0.444 e. The smallest absolute Gasteiger partial charge is 0.410 e. The Bertz CT molecular complexity index is 1320. The number of ether oxygens (including phenoxy) is 1. The molecule has 206 valence electrons. The van der Waals surface area contributed by atoms with Gasteiger partial charge in [-0.3, -0.25) is 4.98 Å². The van der Waals surface area contributed by atoms with Crippen molar-refractivity contribution in [2.24, 2.45) is 5.16 Å². The van der Waals surface area contributed by atoms with Crippen molar-refractivity contribution in [3.05, 3.63) is 99.3 Å². The van der Waals surface area contributed by atoms with Crippen LogP contribution < -0.4 is 0 Å². The summed E-state index contributed by atoms with van der Waals surface area (Å²) in [5.41, 5.74) is 6.50. The van der Waals surface area contributed by atoms with E-state index in [2.05, 4.69) is 47.4 Å². The molecule has 39 heavy (non-hydrogen) atoms. The lowest BCUT2D eigenvalue weighted by Crippen LogP contribution is -2.41. The number of carbonyl (C=O) groups is 1. The second-order valence-electron chi connectivity index (χ2n) is 11.4. The third-order valence-electron chi connectivity index (χ3n) is 7.31. The summed E-state index contributed by atoms with van der Waals surface area (Å²) in [6.45, 7) is 11.1. The van der Waals surface area contributed by atoms with Crippen LogP contribution >= 0.6 is 11.6 Å². The molecule has 7 heteroatoms. The molecule has 1 amide bonds. The van der Waals surface area contributed by atoms with E-state index in [1.807, 2.05) is 56.9 Å². The molecule has 3 aromatic rings. The highest BCUT2D eigenvalue weighted by Gasteiger charge is 2.28. The summed E-state index contributed by atoms with van der Waals surface area (Å²) in [5, 5.41) is 14.4. The summed E-state index contributed by atoms with van der Waals surface area (Å²) in [5.74, 6) is 0.368. The molecule has 1 atom stereocenters. The third kappa shape index (κ3) is 7.39. The molecular weight excluding hydrogens is 510 g/mol. The van der Waals surface area contributed by atoms with Gasteiger partial charge in [0.1, 0.15) is 5.60 Å². The van der Waals surface area contributed by atoms with Gasteiger partial charge in [0.05, 0.1) is 5.71 Å². The van der Waals surface area contributed by atoms with Gasteiger partial charge in [0.2, 0.25) is 0 Å². The number of carbonyl (C=O) groups excluding carboxylic acids is 1. The number of rotatable bonds is 6. The molecule has 0 spiro atoms. The van der Waals surface area contributed by atoms with Gasteiger partial charge < -0.3 is 14.8 Å². The van der Waals surface area contributed by atoms with Crippen LogP contribution in [0.3, 0.4) is 0 Å². The van der Waals surface area contributed by atoms with Crippen molar-refractivity contribution < 1.29 is 14.7 Å². The Morgan fingerprint density at radius 3 is 2.38 bits per heavy atom. The number of aryl methyl sites for hydroxylation is 2. The quantitative estimate of drug-likeness (QED) is 0.193. The summed E-state index contributed by atoms with van der Waals surface area (Å²) in [7, 11) is 0. The molecule has 1 N–H and O–H groups in total. The molecule has 2 heterocycles. The fourth-order valence-electron chi connectivity index (χ4n) is 5.29. The van der Waals surface area contributed by atoms with Gasteiger partial charge in [-0.1, -0.05) is 47.1 Å². The first kappa shape index (κ1) is 28.6. The van der Waals surface area contributed by atoms with Gasteiger partial charge in [-0.15, -0.1) is 0 Å². The summed E-state index contributed by atoms with van der Waals surface area (Å²) < 4.78 is 5.55. The highest BCUT2D eigenvalue weighted by Crippen LogP contribution is 2.35. The predicted octanol–water partition coefficient (Wildman–Crippen LogP) is 7.87. The zero-order valence-electron chi connectivity index (χ0n) is 23.4. The molecule has 1 aromatic heterocycles. The monoisotopic (exact) mass is 547 g/mol. The standard InChI is InChI=1S/C32H38ClN3O3/c1-21-18-27(33)10-11-28(21)29(20-30(35-38)26-12-15-34-22(2)19-26)25-8-6-23(7-9-25)24-13-16-36(17-14-24)31(37)39-32(3,4)5/h6-12,15,18-19,24,29,38H,13-14,16-17,20H2,1-5H3/b35-30-/t29-/m1/s1. The number of oxime groups is 1. The molecule has 0 bridgehead atoms. The van der Waals surface area contributed by atoms with E-state index in [1.165, 1.54) is 5.56 Å². The van der Waals surface area contributed by atoms with Gasteiger partial charge in [-0.05, 0) is 99.9 Å². The van der Waals surface area contributed by atoms with Gasteiger partial charge in [-0.25, -0.2) is 4.79 Å². The lowest BCUT2D eigenvalue weighted by Gasteiger charge is -2.33. The van der Waals surface area contributed by atoms with E-state index in [4.69, 9.17) is 16.3 Å². The summed E-state index contributed by atoms with van der Waals surface area (Å²) in [4.78, 5) is 18.5. The highest BCUT2D eigenvalue weighted by atomic mass is 35.5. The van der Waals surface area contributed by atoms with Gasteiger partial charge in [0, 0.05) is 47.9 Å². The van der Waals surface area contributed by atoms with Crippen molar-refractivity contribution in [3.8, 4) is 0 Å². The van der Waals surface area contributed by atoms with E-state index in [-0.39, 0.29) is 12.0 Å². The molecule has 0 radical (unpaired) electrons. The van der Waals surface area contributed by atoms with Crippen LogP contribution in [-0.2, 0) is 4.74 Å². The van der Waals surface area contributed by atoms with Crippen molar-refractivity contribution in [1.29, 1.82) is 0 Å². The third-order valence-corrected chi connectivity index (χ3v) is 7.55. The average Bonchev–Trinajstić information content (AvgIpc) is 2.89. The Labute approximate surface area is 236 Å². The maximum absolute atomic E-state index is 12.5. The molecule has 0 aliphatic carbocycles. The summed E-state index contributed by atoms with van der Waals surface area (Å²) in [6, 6.07) is 18.5. The average molecular weight is 548 g/mol. The minimum atomic E-state index is -0.487. The predicted molar refractivity (Wildman–Crippen MR) is 156 cm³/mol. The number of benzene rings is 2. The number of halogens is 1. The second kappa shape index (κ2) is 12.2. The lowest BCUT2D eigenvalue weighted by molar-refractivity contribution is 0.0205. The summed E-state index contributed by atoms with van der Waals surface area (Å²) >= 11 is 6.28. The topological polar surface area (TPSA) is 75.0 Å². The highest BCUT2D eigenvalue weighted by molar-refractivity contribution is 6.30. The van der Waals surface area contributed by atoms with E-state index in [1.54, 1.807) is 6.20 Å². The summed E-state index contributed by atoms with van der Waals surface area (Å²) in [6.07, 6.45) is 3.84. The van der Waals surface area contributed by atoms with Gasteiger partial charge >= 0.3 is 6.09 Å². The molecule has 6 nitrogen and oxygen atoms in total. The molecule has 1 aliphatic heterocycles. The van der Waals surface area contributed by atoms with Crippen molar-refractivity contribution >= 4 is 23.4 Å². The number of aromatic nitrogens is 1. The molecular formula is C32H38ClN3O3. The number of likely N-dealkylation sites (tertiary alicyclic amines) is 1. The van der Waals surface area contributed by atoms with Crippen LogP contribution in [0.5, 0.6) is 0 Å². The second-order valence-corrected chi connectivity index (χ2v) is 11.8. The van der Waals surface area contributed by atoms with Crippen LogP contribution in [0.1, 0.15) is 85.4 Å². The zero-order chi connectivity index (χ0) is 28.2. The van der Waals surface area contributed by atoms with Gasteiger partial charge in [0.25, 0.3) is 0 Å². The molecule has 0 unspecified atom stereocenters. The van der Waals surface area contributed by atoms with Crippen molar-refractivity contribution in [1.82, 2.24) is 9.88 Å². The minimum absolute atomic E-state index is 0.0234. The van der Waals surface area contributed by atoms with Crippen LogP contribution in [0, 0.1) is 13.8 Å². The number of pyridine rings is 1. The molecule has 1 fully saturated rings. The van der Waals surface area contributed by atoms with Crippen LogP contribution in [0.25, 0.3) is 0 Å². The first-order valence-corrected chi connectivity index (χ1v) is 13.9. The lowest BCUT2D eigenvalue weighted by atomic mass is 9.82. The van der Waals surface area contributed by atoms with Crippen molar-refractivity contribution in [3.63, 3.8) is 0 Å². The number of hydrogen-bond donors (Lipinski definition) is 1. The van der Waals surface area contributed by atoms with E-state index in [0.29, 0.717) is 36.2 Å². The van der Waals surface area contributed by atoms with Crippen LogP contribution in [-0.4, -0.2) is 45.6 Å². The Morgan fingerprint density at radius 1 is 1.10 bits per heavy atom. The van der Waals surface area contributed by atoms with Crippen molar-refractivity contribution in [2.75, 3.05) is 13.1 Å². The van der Waals surface area contributed by atoms with Crippen LogP contribution in [0.2, 0.25) is 5.02 Å². The van der Waals surface area contributed by atoms with Gasteiger partial charge in [0.15, 0.2) is 0 Å². The Balaban J connectivity index is 1.55. The fraction of sp³-hybridized carbons (Fsp3) is 0.406. The van der Waals surface area contributed by atoms with Crippen LogP contribution in [0.15, 0.2) is 65.9 Å². The SMILES string of the molecule is Cc1cc(/C(C[C@H](c2ccc(C3CCN(C(=O)OC(C)(C)C)CC3)cc2)c2ccc(Cl)cc2C)=N\O)ccn1. The number of hydrogen-bond acceptors (Lipinski definition) is 5. The fourth-order valence-corrected chi connectivity index (χ4v) is 5.52. The number of piperidine rings is 1. The molecule has 1 aliphatic rings. The first-order chi connectivity index (χ1) is 18.5. The van der Waals surface area contributed by atoms with E-state index >= 15 is 0 Å². The van der Waals surface area contributed by atoms with E-state index < -0.39 is 5.60 Å².